The number of nitrogen functional groups attached to an aromatic ring is 1. The number of nitrogens with zero attached hydrogens (tertiary/aromatic N) is 2. The summed E-state index contributed by atoms with van der Waals surface area (Å²) in [6.07, 6.45) is 4.69. The zero-order valence-corrected chi connectivity index (χ0v) is 9.90. The summed E-state index contributed by atoms with van der Waals surface area (Å²) in [5.41, 5.74) is 6.26. The van der Waals surface area contributed by atoms with Crippen LogP contribution in [-0.4, -0.2) is 22.4 Å². The maximum Gasteiger partial charge on any atom is 0.361 e. The fourth-order valence-corrected chi connectivity index (χ4v) is 1.34. The van der Waals surface area contributed by atoms with E-state index in [0.717, 1.165) is 19.3 Å². The van der Waals surface area contributed by atoms with E-state index in [9.17, 15) is 4.79 Å². The summed E-state index contributed by atoms with van der Waals surface area (Å²) in [5.74, 6) is -0.430. The van der Waals surface area contributed by atoms with Crippen molar-refractivity contribution in [3.63, 3.8) is 0 Å². The van der Waals surface area contributed by atoms with Crippen LogP contribution in [-0.2, 0) is 11.3 Å². The van der Waals surface area contributed by atoms with E-state index in [0.29, 0.717) is 18.8 Å². The molecule has 2 N–H and O–H groups in total. The van der Waals surface area contributed by atoms with Crippen LogP contribution in [0.1, 0.15) is 43.6 Å². The van der Waals surface area contributed by atoms with Crippen molar-refractivity contribution in [1.29, 1.82) is 0 Å². The van der Waals surface area contributed by atoms with Crippen molar-refractivity contribution in [2.75, 3.05) is 12.3 Å². The Bertz CT molecular complexity index is 347. The van der Waals surface area contributed by atoms with Crippen LogP contribution in [0.15, 0.2) is 6.20 Å². The highest BCUT2D eigenvalue weighted by atomic mass is 16.5. The Morgan fingerprint density at radius 3 is 2.81 bits per heavy atom. The van der Waals surface area contributed by atoms with Crippen LogP contribution >= 0.6 is 0 Å². The quantitative estimate of drug-likeness (QED) is 0.592. The number of anilines is 1. The molecule has 0 aliphatic carbocycles. The van der Waals surface area contributed by atoms with Gasteiger partial charge in [-0.2, -0.15) is 5.10 Å². The first-order valence-corrected chi connectivity index (χ1v) is 5.69. The highest BCUT2D eigenvalue weighted by Gasteiger charge is 2.15. The van der Waals surface area contributed by atoms with Gasteiger partial charge in [0.05, 0.1) is 12.3 Å². The number of aromatic nitrogens is 2. The summed E-state index contributed by atoms with van der Waals surface area (Å²) >= 11 is 0. The summed E-state index contributed by atoms with van der Waals surface area (Å²) in [4.78, 5) is 11.6. The maximum atomic E-state index is 11.6. The van der Waals surface area contributed by atoms with Gasteiger partial charge in [0, 0.05) is 12.7 Å². The van der Waals surface area contributed by atoms with E-state index in [4.69, 9.17) is 10.5 Å². The van der Waals surface area contributed by atoms with Gasteiger partial charge in [-0.3, -0.25) is 4.68 Å². The summed E-state index contributed by atoms with van der Waals surface area (Å²) in [7, 11) is 0. The van der Waals surface area contributed by atoms with Gasteiger partial charge in [-0.1, -0.05) is 19.8 Å². The lowest BCUT2D eigenvalue weighted by Gasteiger charge is -2.02. The Hall–Kier alpha value is -1.52. The minimum Gasteiger partial charge on any atom is -0.461 e. The average molecular weight is 225 g/mol. The normalized spacial score (nSPS) is 10.4. The van der Waals surface area contributed by atoms with Crippen LogP contribution in [0.2, 0.25) is 0 Å². The van der Waals surface area contributed by atoms with Gasteiger partial charge >= 0.3 is 5.97 Å². The molecule has 5 nitrogen and oxygen atoms in total. The van der Waals surface area contributed by atoms with Gasteiger partial charge in [-0.25, -0.2) is 4.79 Å². The van der Waals surface area contributed by atoms with Gasteiger partial charge in [0.25, 0.3) is 0 Å². The molecule has 0 radical (unpaired) electrons. The molecule has 0 saturated heterocycles. The van der Waals surface area contributed by atoms with Crippen molar-refractivity contribution in [3.05, 3.63) is 11.9 Å². The van der Waals surface area contributed by atoms with Gasteiger partial charge in [-0.05, 0) is 13.3 Å². The van der Waals surface area contributed by atoms with Crippen LogP contribution in [0.5, 0.6) is 0 Å². The zero-order valence-electron chi connectivity index (χ0n) is 9.90. The number of hydrogen-bond donors (Lipinski definition) is 1. The molecule has 5 heteroatoms. The lowest BCUT2D eigenvalue weighted by atomic mass is 10.3. The largest absolute Gasteiger partial charge is 0.461 e. The fraction of sp³-hybridized carbons (Fsp3) is 0.636. The smallest absolute Gasteiger partial charge is 0.361 e. The van der Waals surface area contributed by atoms with Crippen LogP contribution < -0.4 is 5.73 Å². The average Bonchev–Trinajstić information content (AvgIpc) is 2.66. The molecule has 0 aliphatic heterocycles. The molecule has 0 unspecified atom stereocenters. The van der Waals surface area contributed by atoms with Crippen molar-refractivity contribution < 1.29 is 9.53 Å². The number of esters is 1. The highest BCUT2D eigenvalue weighted by molar-refractivity contribution is 5.92. The van der Waals surface area contributed by atoms with Crippen molar-refractivity contribution in [2.45, 2.75) is 39.7 Å². The Morgan fingerprint density at radius 2 is 2.25 bits per heavy atom. The predicted octanol–water partition coefficient (Wildman–Crippen LogP) is 1.83. The number of carbonyl (C=O) groups excluding carboxylic acids is 1. The summed E-state index contributed by atoms with van der Waals surface area (Å²) in [6.45, 7) is 5.16. The second-order valence-corrected chi connectivity index (χ2v) is 3.63. The maximum absolute atomic E-state index is 11.6. The number of ether oxygens (including phenoxy) is 1. The number of hydrogen-bond acceptors (Lipinski definition) is 4. The Kier molecular flexibility index (Phi) is 4.82. The minimum atomic E-state index is -0.430. The van der Waals surface area contributed by atoms with Crippen LogP contribution in [0, 0.1) is 0 Å². The number of unbranched alkanes of at least 4 members (excludes halogenated alkanes) is 2. The number of carbonyl (C=O) groups is 1. The first-order chi connectivity index (χ1) is 7.69. The van der Waals surface area contributed by atoms with Gasteiger partial charge in [0.15, 0.2) is 5.69 Å². The predicted molar refractivity (Wildman–Crippen MR) is 62.1 cm³/mol. The molecule has 0 amide bonds. The van der Waals surface area contributed by atoms with E-state index in [1.807, 2.05) is 6.92 Å². The molecule has 1 heterocycles. The molecule has 0 saturated carbocycles. The molecule has 90 valence electrons. The summed E-state index contributed by atoms with van der Waals surface area (Å²) in [6, 6.07) is 0. The lowest BCUT2D eigenvalue weighted by molar-refractivity contribution is 0.0491. The standard InChI is InChI=1S/C11H19N3O2/c1-3-5-6-7-16-11(15)10-9(12)8-14(4-2)13-10/h8H,3-7,12H2,1-2H3. The van der Waals surface area contributed by atoms with E-state index in [1.54, 1.807) is 10.9 Å². The first kappa shape index (κ1) is 12.5. The second-order valence-electron chi connectivity index (χ2n) is 3.63. The molecule has 0 aromatic carbocycles. The SMILES string of the molecule is CCCCCOC(=O)c1nn(CC)cc1N. The van der Waals surface area contributed by atoms with Crippen LogP contribution in [0.25, 0.3) is 0 Å². The number of nitrogens with two attached hydrogens (primary N) is 1. The lowest BCUT2D eigenvalue weighted by Crippen LogP contribution is -2.10. The topological polar surface area (TPSA) is 70.1 Å². The number of rotatable bonds is 6. The molecule has 1 aromatic rings. The molecule has 1 rings (SSSR count). The molecular formula is C11H19N3O2. The van der Waals surface area contributed by atoms with E-state index in [1.165, 1.54) is 0 Å². The van der Waals surface area contributed by atoms with Crippen molar-refractivity contribution in [3.8, 4) is 0 Å². The van der Waals surface area contributed by atoms with E-state index >= 15 is 0 Å². The first-order valence-electron chi connectivity index (χ1n) is 5.69. The minimum absolute atomic E-state index is 0.221. The molecule has 0 fully saturated rings. The fourth-order valence-electron chi connectivity index (χ4n) is 1.34. The molecule has 0 atom stereocenters. The molecule has 1 aromatic heterocycles. The Balaban J connectivity index is 2.49. The third kappa shape index (κ3) is 3.25. The van der Waals surface area contributed by atoms with E-state index < -0.39 is 5.97 Å². The Morgan fingerprint density at radius 1 is 1.50 bits per heavy atom. The number of aryl methyl sites for hydroxylation is 1. The molecule has 0 bridgehead atoms. The van der Waals surface area contributed by atoms with Crippen LogP contribution in [0.4, 0.5) is 5.69 Å². The third-order valence-corrected chi connectivity index (χ3v) is 2.29. The van der Waals surface area contributed by atoms with E-state index in [2.05, 4.69) is 12.0 Å². The van der Waals surface area contributed by atoms with Crippen LogP contribution in [0.3, 0.4) is 0 Å². The van der Waals surface area contributed by atoms with Gasteiger partial charge in [0.1, 0.15) is 0 Å². The monoisotopic (exact) mass is 225 g/mol. The third-order valence-electron chi connectivity index (χ3n) is 2.29. The van der Waals surface area contributed by atoms with Crippen molar-refractivity contribution in [2.24, 2.45) is 0 Å². The van der Waals surface area contributed by atoms with Crippen molar-refractivity contribution in [1.82, 2.24) is 9.78 Å². The molecular weight excluding hydrogens is 206 g/mol. The second kappa shape index (κ2) is 6.15. The van der Waals surface area contributed by atoms with E-state index in [-0.39, 0.29) is 5.69 Å². The van der Waals surface area contributed by atoms with Gasteiger partial charge in [0.2, 0.25) is 0 Å². The molecule has 0 spiro atoms. The van der Waals surface area contributed by atoms with Gasteiger partial charge in [-0.15, -0.1) is 0 Å². The van der Waals surface area contributed by atoms with Crippen molar-refractivity contribution >= 4 is 11.7 Å². The highest BCUT2D eigenvalue weighted by Crippen LogP contribution is 2.10. The van der Waals surface area contributed by atoms with Gasteiger partial charge < -0.3 is 10.5 Å². The Labute approximate surface area is 95.6 Å². The summed E-state index contributed by atoms with van der Waals surface area (Å²) < 4.78 is 6.70. The molecule has 16 heavy (non-hydrogen) atoms. The molecule has 0 aliphatic rings. The zero-order chi connectivity index (χ0) is 12.0. The summed E-state index contributed by atoms with van der Waals surface area (Å²) in [5, 5.41) is 4.04.